The minimum absolute atomic E-state index is 0.0923. The van der Waals surface area contributed by atoms with Crippen LogP contribution in [0.5, 0.6) is 5.75 Å². The minimum Gasteiger partial charge on any atom is -0.486 e. The van der Waals surface area contributed by atoms with Crippen LogP contribution in [0.3, 0.4) is 0 Å². The summed E-state index contributed by atoms with van der Waals surface area (Å²) < 4.78 is 7.67. The predicted molar refractivity (Wildman–Crippen MR) is 139 cm³/mol. The van der Waals surface area contributed by atoms with Crippen molar-refractivity contribution in [2.45, 2.75) is 23.9 Å². The zero-order chi connectivity index (χ0) is 25.7. The monoisotopic (exact) mass is 539 g/mol. The second-order valence-electron chi connectivity index (χ2n) is 7.69. The molecule has 0 saturated carbocycles. The molecule has 0 saturated heterocycles. The molecule has 182 valence electrons. The van der Waals surface area contributed by atoms with Crippen LogP contribution < -0.4 is 4.74 Å². The Morgan fingerprint density at radius 3 is 2.44 bits per heavy atom. The normalized spacial score (nSPS) is 11.6. The van der Waals surface area contributed by atoms with E-state index in [0.29, 0.717) is 27.7 Å². The molecular weight excluding hydrogens is 521 g/mol. The Balaban J connectivity index is 1.62. The Bertz CT molecular complexity index is 1420. The highest BCUT2D eigenvalue weighted by Gasteiger charge is 2.26. The van der Waals surface area contributed by atoms with Gasteiger partial charge in [0.1, 0.15) is 17.7 Å². The molecule has 3 aromatic carbocycles. The third kappa shape index (κ3) is 5.79. The number of hydrogen-bond donors (Lipinski definition) is 0. The van der Waals surface area contributed by atoms with Gasteiger partial charge in [0.25, 0.3) is 0 Å². The van der Waals surface area contributed by atoms with E-state index in [0.717, 1.165) is 5.69 Å². The second-order valence-corrected chi connectivity index (χ2v) is 9.68. The molecule has 4 rings (SSSR count). The summed E-state index contributed by atoms with van der Waals surface area (Å²) in [5, 5.41) is 29.5. The third-order valence-electron chi connectivity index (χ3n) is 5.27. The number of benzene rings is 3. The molecule has 0 unspecified atom stereocenters. The summed E-state index contributed by atoms with van der Waals surface area (Å²) in [5.74, 6) is 0.893. The molecular formula is C25H19Cl2N5O3S. The number of nitro groups is 1. The predicted octanol–water partition coefficient (Wildman–Crippen LogP) is 6.44. The molecule has 8 nitrogen and oxygen atoms in total. The van der Waals surface area contributed by atoms with Crippen molar-refractivity contribution in [2.24, 2.45) is 0 Å². The lowest BCUT2D eigenvalue weighted by Crippen LogP contribution is -2.11. The van der Waals surface area contributed by atoms with Crippen LogP contribution in [0.2, 0.25) is 10.0 Å². The summed E-state index contributed by atoms with van der Waals surface area (Å²) in [4.78, 5) is 11.1. The van der Waals surface area contributed by atoms with Crippen molar-refractivity contribution in [1.29, 1.82) is 5.26 Å². The highest BCUT2D eigenvalue weighted by molar-refractivity contribution is 7.99. The molecule has 0 aliphatic rings. The number of ether oxygens (including phenoxy) is 1. The maximum atomic E-state index is 11.5. The number of rotatable bonds is 9. The summed E-state index contributed by atoms with van der Waals surface area (Å²) in [7, 11) is 0. The van der Waals surface area contributed by atoms with Gasteiger partial charge in [-0.25, -0.2) is 0 Å². The first-order valence-electron chi connectivity index (χ1n) is 10.7. The van der Waals surface area contributed by atoms with E-state index in [4.69, 9.17) is 27.9 Å². The summed E-state index contributed by atoms with van der Waals surface area (Å²) in [6.45, 7) is 1.53. The van der Waals surface area contributed by atoms with Crippen LogP contribution in [0.25, 0.3) is 5.69 Å². The number of nitrogens with zero attached hydrogens (tertiary/aromatic N) is 5. The summed E-state index contributed by atoms with van der Waals surface area (Å²) >= 11 is 14.2. The molecule has 1 heterocycles. The van der Waals surface area contributed by atoms with Gasteiger partial charge in [0.05, 0.1) is 21.7 Å². The molecule has 0 spiro atoms. The van der Waals surface area contributed by atoms with E-state index in [-0.39, 0.29) is 28.9 Å². The number of thioether (sulfide) groups is 1. The zero-order valence-corrected chi connectivity index (χ0v) is 21.3. The van der Waals surface area contributed by atoms with E-state index in [1.807, 2.05) is 41.8 Å². The van der Waals surface area contributed by atoms with E-state index in [1.165, 1.54) is 11.8 Å². The first-order chi connectivity index (χ1) is 17.4. The van der Waals surface area contributed by atoms with Crippen molar-refractivity contribution in [3.05, 3.63) is 109 Å². The lowest BCUT2D eigenvalue weighted by atomic mass is 10.1. The van der Waals surface area contributed by atoms with Gasteiger partial charge in [-0.1, -0.05) is 71.4 Å². The molecule has 36 heavy (non-hydrogen) atoms. The maximum Gasteiger partial charge on any atom is 0.220 e. The lowest BCUT2D eigenvalue weighted by molar-refractivity contribution is -0.479. The summed E-state index contributed by atoms with van der Waals surface area (Å²) in [5.41, 5.74) is 2.58. The number of nitriles is 1. The van der Waals surface area contributed by atoms with Gasteiger partial charge >= 0.3 is 0 Å². The van der Waals surface area contributed by atoms with Crippen LogP contribution >= 0.6 is 35.0 Å². The highest BCUT2D eigenvalue weighted by Crippen LogP contribution is 2.42. The van der Waals surface area contributed by atoms with Crippen molar-refractivity contribution in [1.82, 2.24) is 14.8 Å². The fourth-order valence-corrected chi connectivity index (χ4v) is 5.34. The number of para-hydroxylation sites is 1. The molecule has 0 amide bonds. The Hall–Kier alpha value is -3.58. The lowest BCUT2D eigenvalue weighted by Gasteiger charge is -2.17. The number of hydrogen-bond acceptors (Lipinski definition) is 7. The van der Waals surface area contributed by atoms with Crippen LogP contribution in [0.4, 0.5) is 0 Å². The average molecular weight is 540 g/mol. The molecule has 4 aromatic rings. The zero-order valence-electron chi connectivity index (χ0n) is 19.0. The van der Waals surface area contributed by atoms with E-state index in [9.17, 15) is 15.4 Å². The van der Waals surface area contributed by atoms with Crippen molar-refractivity contribution < 1.29 is 9.66 Å². The molecule has 1 aromatic heterocycles. The Morgan fingerprint density at radius 1 is 1.11 bits per heavy atom. The number of aryl methyl sites for hydroxylation is 1. The van der Waals surface area contributed by atoms with Crippen LogP contribution in [-0.4, -0.2) is 26.2 Å². The minimum atomic E-state index is -0.644. The van der Waals surface area contributed by atoms with Gasteiger partial charge in [0, 0.05) is 16.2 Å². The van der Waals surface area contributed by atoms with Crippen LogP contribution in [0.1, 0.15) is 27.8 Å². The molecule has 11 heteroatoms. The largest absolute Gasteiger partial charge is 0.486 e. The molecule has 0 aliphatic heterocycles. The Labute approximate surface area is 221 Å². The van der Waals surface area contributed by atoms with Crippen molar-refractivity contribution in [2.75, 3.05) is 6.54 Å². The van der Waals surface area contributed by atoms with Gasteiger partial charge in [0.15, 0.2) is 10.9 Å². The Kier molecular flexibility index (Phi) is 8.10. The second kappa shape index (κ2) is 11.4. The average Bonchev–Trinajstić information content (AvgIpc) is 3.23. The topological polar surface area (TPSA) is 107 Å². The molecule has 0 bridgehead atoms. The first-order valence-corrected chi connectivity index (χ1v) is 12.4. The Morgan fingerprint density at radius 2 is 1.78 bits per heavy atom. The van der Waals surface area contributed by atoms with E-state index in [2.05, 4.69) is 16.3 Å². The SMILES string of the molecule is Cc1nnc(S[C@@H](C[N+](=O)[O-])c2cc(Cl)c(OCc3ccccc3C#N)c(Cl)c2)n1-c1ccccc1. The fraction of sp³-hybridized carbons (Fsp3) is 0.160. The van der Waals surface area contributed by atoms with Gasteiger partial charge in [-0.05, 0) is 42.8 Å². The molecule has 0 fully saturated rings. The summed E-state index contributed by atoms with van der Waals surface area (Å²) in [6, 6.07) is 21.9. The first kappa shape index (κ1) is 25.5. The van der Waals surface area contributed by atoms with Gasteiger partial charge in [-0.15, -0.1) is 10.2 Å². The fourth-order valence-electron chi connectivity index (χ4n) is 3.58. The summed E-state index contributed by atoms with van der Waals surface area (Å²) in [6.07, 6.45) is 0. The standard InChI is InChI=1S/C25H19Cl2N5O3S/c1-16-29-30-25(32(16)20-9-3-2-4-10-20)36-23(14-31(33)34)19-11-21(26)24(22(27)12-19)35-15-18-8-6-5-7-17(18)13-28/h2-12,23H,14-15H2,1H3/t23-/m0/s1. The van der Waals surface area contributed by atoms with Crippen molar-refractivity contribution >= 4 is 35.0 Å². The number of aromatic nitrogens is 3. The molecule has 1 atom stereocenters. The van der Waals surface area contributed by atoms with Crippen LogP contribution in [-0.2, 0) is 6.61 Å². The number of halogens is 2. The van der Waals surface area contributed by atoms with Gasteiger partial charge in [-0.3, -0.25) is 14.7 Å². The quantitative estimate of drug-likeness (QED) is 0.137. The maximum absolute atomic E-state index is 11.5. The molecule has 0 aliphatic carbocycles. The smallest absolute Gasteiger partial charge is 0.220 e. The van der Waals surface area contributed by atoms with E-state index < -0.39 is 10.2 Å². The van der Waals surface area contributed by atoms with Gasteiger partial charge in [-0.2, -0.15) is 5.26 Å². The third-order valence-corrected chi connectivity index (χ3v) is 7.02. The highest BCUT2D eigenvalue weighted by atomic mass is 35.5. The van der Waals surface area contributed by atoms with Gasteiger partial charge in [0.2, 0.25) is 6.54 Å². The van der Waals surface area contributed by atoms with Crippen molar-refractivity contribution in [3.63, 3.8) is 0 Å². The molecule has 0 radical (unpaired) electrons. The van der Waals surface area contributed by atoms with E-state index >= 15 is 0 Å². The molecule has 0 N–H and O–H groups in total. The van der Waals surface area contributed by atoms with Gasteiger partial charge < -0.3 is 4.74 Å². The van der Waals surface area contributed by atoms with Crippen molar-refractivity contribution in [3.8, 4) is 17.5 Å². The van der Waals surface area contributed by atoms with Crippen LogP contribution in [0, 0.1) is 28.4 Å². The van der Waals surface area contributed by atoms with E-state index in [1.54, 1.807) is 36.4 Å². The van der Waals surface area contributed by atoms with Crippen LogP contribution in [0.15, 0.2) is 71.9 Å².